The summed E-state index contributed by atoms with van der Waals surface area (Å²) in [5.74, 6) is 0.900. The first-order chi connectivity index (χ1) is 14.3. The summed E-state index contributed by atoms with van der Waals surface area (Å²) in [6.07, 6.45) is 8.89. The summed E-state index contributed by atoms with van der Waals surface area (Å²) in [6.45, 7) is 11.8. The predicted octanol–water partition coefficient (Wildman–Crippen LogP) is 3.70. The average Bonchev–Trinajstić information content (AvgIpc) is 3.12. The van der Waals surface area contributed by atoms with Crippen LogP contribution in [-0.2, 0) is 4.74 Å². The van der Waals surface area contributed by atoms with Crippen molar-refractivity contribution in [1.82, 2.24) is 19.8 Å². The number of carbonyl (C=O) groups excluding carboxylic acids is 1. The number of methoxy groups -OCH3 is 1. The van der Waals surface area contributed by atoms with Gasteiger partial charge in [-0.05, 0) is 32.1 Å². The minimum atomic E-state index is -0.374. The molecule has 1 amide bonds. The molecule has 0 fully saturated rings. The second kappa shape index (κ2) is 8.94. The number of aliphatic imine (C=N–C) groups is 1. The number of rotatable bonds is 8. The Kier molecular flexibility index (Phi) is 6.34. The van der Waals surface area contributed by atoms with Crippen LogP contribution in [0.25, 0.3) is 5.70 Å². The zero-order valence-corrected chi connectivity index (χ0v) is 17.5. The monoisotopic (exact) mass is 411 g/mol. The number of fused-ring (bicyclic) bond motifs is 3. The molecule has 158 valence electrons. The van der Waals surface area contributed by atoms with Crippen LogP contribution in [0.2, 0.25) is 0 Å². The number of aryl methyl sites for hydroxylation is 1. The molecule has 1 aliphatic carbocycles. The quantitative estimate of drug-likeness (QED) is 0.523. The van der Waals surface area contributed by atoms with Crippen molar-refractivity contribution in [3.05, 3.63) is 72.2 Å². The van der Waals surface area contributed by atoms with Crippen LogP contribution < -0.4 is 5.32 Å². The summed E-state index contributed by atoms with van der Waals surface area (Å²) in [7, 11) is 1.52. The van der Waals surface area contributed by atoms with Crippen LogP contribution in [0.5, 0.6) is 0 Å². The fourth-order valence-corrected chi connectivity index (χ4v) is 3.40. The number of carbonyl (C=O) groups is 1. The molecular weight excluding hydrogens is 385 g/mol. The predicted molar refractivity (Wildman–Crippen MR) is 115 cm³/mol. The number of allylic oxidation sites excluding steroid dienone is 4. The number of aromatic nitrogens is 2. The van der Waals surface area contributed by atoms with Crippen LogP contribution >= 0.6 is 0 Å². The molecular formula is C22H26FN5O2. The van der Waals surface area contributed by atoms with Crippen LogP contribution in [0.15, 0.2) is 65.7 Å². The van der Waals surface area contributed by atoms with Crippen molar-refractivity contribution in [2.24, 2.45) is 4.99 Å². The summed E-state index contributed by atoms with van der Waals surface area (Å²) in [5, 5.41) is 3.12. The maximum atomic E-state index is 14.0. The van der Waals surface area contributed by atoms with Gasteiger partial charge in [0.05, 0.1) is 25.1 Å². The number of hydrogen-bond acceptors (Lipinski definition) is 5. The Morgan fingerprint density at radius 3 is 2.93 bits per heavy atom. The van der Waals surface area contributed by atoms with Gasteiger partial charge in [0.15, 0.2) is 0 Å². The van der Waals surface area contributed by atoms with Gasteiger partial charge < -0.3 is 15.0 Å². The minimum absolute atomic E-state index is 0.150. The molecule has 0 aromatic carbocycles. The average molecular weight is 411 g/mol. The van der Waals surface area contributed by atoms with E-state index in [4.69, 9.17) is 4.74 Å². The molecule has 1 atom stereocenters. The summed E-state index contributed by atoms with van der Waals surface area (Å²) >= 11 is 0. The summed E-state index contributed by atoms with van der Waals surface area (Å²) in [4.78, 5) is 23.3. The van der Waals surface area contributed by atoms with Gasteiger partial charge in [0.25, 0.3) is 5.91 Å². The maximum Gasteiger partial charge on any atom is 0.290 e. The van der Waals surface area contributed by atoms with Crippen molar-refractivity contribution in [2.45, 2.75) is 32.7 Å². The van der Waals surface area contributed by atoms with E-state index in [1.54, 1.807) is 21.6 Å². The van der Waals surface area contributed by atoms with E-state index in [-0.39, 0.29) is 24.2 Å². The summed E-state index contributed by atoms with van der Waals surface area (Å²) in [6, 6.07) is -0.374. The van der Waals surface area contributed by atoms with E-state index >= 15 is 0 Å². The van der Waals surface area contributed by atoms with Crippen LogP contribution in [-0.4, -0.2) is 46.3 Å². The van der Waals surface area contributed by atoms with Crippen molar-refractivity contribution in [2.75, 3.05) is 13.7 Å². The highest BCUT2D eigenvalue weighted by Crippen LogP contribution is 2.34. The number of imidazole rings is 1. The molecule has 7 nitrogen and oxygen atoms in total. The minimum Gasteiger partial charge on any atom is -0.496 e. The Morgan fingerprint density at radius 1 is 1.47 bits per heavy atom. The highest BCUT2D eigenvalue weighted by atomic mass is 19.1. The van der Waals surface area contributed by atoms with E-state index in [9.17, 15) is 9.18 Å². The molecule has 0 bridgehead atoms. The van der Waals surface area contributed by atoms with Crippen molar-refractivity contribution in [3.8, 4) is 0 Å². The lowest BCUT2D eigenvalue weighted by Gasteiger charge is -2.38. The smallest absolute Gasteiger partial charge is 0.290 e. The molecule has 1 unspecified atom stereocenters. The van der Waals surface area contributed by atoms with E-state index < -0.39 is 0 Å². The van der Waals surface area contributed by atoms with Gasteiger partial charge in [-0.25, -0.2) is 14.4 Å². The molecule has 0 saturated carbocycles. The van der Waals surface area contributed by atoms with Crippen LogP contribution in [0, 0.1) is 6.92 Å². The zero-order valence-electron chi connectivity index (χ0n) is 17.5. The Hall–Kier alpha value is -3.42. The first-order valence-corrected chi connectivity index (χ1v) is 9.65. The molecule has 1 aromatic rings. The molecule has 8 heteroatoms. The summed E-state index contributed by atoms with van der Waals surface area (Å²) < 4.78 is 20.7. The Labute approximate surface area is 175 Å². The number of hydrogen-bond donors (Lipinski definition) is 1. The van der Waals surface area contributed by atoms with Gasteiger partial charge >= 0.3 is 0 Å². The van der Waals surface area contributed by atoms with Gasteiger partial charge in [-0.2, -0.15) is 0 Å². The largest absolute Gasteiger partial charge is 0.496 e. The third kappa shape index (κ3) is 4.42. The first kappa shape index (κ1) is 21.3. The third-order valence-corrected chi connectivity index (χ3v) is 4.94. The highest BCUT2D eigenvalue weighted by molar-refractivity contribution is 5.96. The lowest BCUT2D eigenvalue weighted by atomic mass is 9.99. The zero-order chi connectivity index (χ0) is 21.8. The second-order valence-electron chi connectivity index (χ2n) is 7.08. The molecule has 0 spiro atoms. The van der Waals surface area contributed by atoms with E-state index in [2.05, 4.69) is 28.5 Å². The van der Waals surface area contributed by atoms with E-state index in [1.165, 1.54) is 19.4 Å². The number of nitrogens with one attached hydrogen (secondary N) is 1. The van der Waals surface area contributed by atoms with Crippen LogP contribution in [0.4, 0.5) is 4.39 Å². The van der Waals surface area contributed by atoms with Crippen LogP contribution in [0.3, 0.4) is 0 Å². The molecule has 1 N–H and O–H groups in total. The fraction of sp³-hybridized carbons (Fsp3) is 0.318. The molecule has 1 aliphatic heterocycles. The normalized spacial score (nSPS) is 18.5. The number of nitrogens with zero attached hydrogens (tertiary/aromatic N) is 4. The first-order valence-electron chi connectivity index (χ1n) is 9.65. The molecule has 2 heterocycles. The molecule has 1 aromatic heterocycles. The van der Waals surface area contributed by atoms with Crippen molar-refractivity contribution >= 4 is 17.8 Å². The maximum absolute atomic E-state index is 14.0. The van der Waals surface area contributed by atoms with Crippen LogP contribution in [0.1, 0.15) is 36.1 Å². The Bertz CT molecular complexity index is 999. The fourth-order valence-electron chi connectivity index (χ4n) is 3.40. The topological polar surface area (TPSA) is 71.8 Å². The third-order valence-electron chi connectivity index (χ3n) is 4.94. The summed E-state index contributed by atoms with van der Waals surface area (Å²) in [5.41, 5.74) is 2.27. The molecule has 3 rings (SSSR count). The van der Waals surface area contributed by atoms with E-state index in [0.29, 0.717) is 36.1 Å². The van der Waals surface area contributed by atoms with Gasteiger partial charge in [-0.3, -0.25) is 9.36 Å². The number of amides is 1. The molecule has 2 aliphatic rings. The Morgan fingerprint density at radius 2 is 2.23 bits per heavy atom. The van der Waals surface area contributed by atoms with Crippen molar-refractivity contribution < 1.29 is 13.9 Å². The molecule has 0 saturated heterocycles. The second-order valence-corrected chi connectivity index (χ2v) is 7.08. The number of halogens is 1. The van der Waals surface area contributed by atoms with Gasteiger partial charge in [-0.1, -0.05) is 13.2 Å². The highest BCUT2D eigenvalue weighted by Gasteiger charge is 2.38. The lowest BCUT2D eigenvalue weighted by molar-refractivity contribution is 0.0675. The van der Waals surface area contributed by atoms with Crippen molar-refractivity contribution in [1.29, 1.82) is 0 Å². The Balaban J connectivity index is 1.72. The van der Waals surface area contributed by atoms with Gasteiger partial charge in [0, 0.05) is 37.0 Å². The van der Waals surface area contributed by atoms with Gasteiger partial charge in [0.2, 0.25) is 5.82 Å². The molecule has 0 radical (unpaired) electrons. The lowest BCUT2D eigenvalue weighted by Crippen LogP contribution is -2.48. The van der Waals surface area contributed by atoms with Gasteiger partial charge in [-0.15, -0.1) is 0 Å². The number of ether oxygens (including phenoxy) is 1. The van der Waals surface area contributed by atoms with Crippen molar-refractivity contribution in [3.63, 3.8) is 0 Å². The van der Waals surface area contributed by atoms with E-state index in [1.807, 2.05) is 20.0 Å². The molecule has 30 heavy (non-hydrogen) atoms. The SMILES string of the molecule is C=C(CCN1C(=O)c2nc(C)cn2C2=CC=C(F)CC21)NC(=C/C)/N=C\C(=C)OC. The van der Waals surface area contributed by atoms with E-state index in [0.717, 1.165) is 11.4 Å². The standard InChI is InChI=1S/C22H26FN5O2/c1-6-20(24-12-16(4)30-5)25-14(2)9-10-27-19-11-17(23)7-8-18(19)28-13-15(3)26-21(28)22(27)29/h6-8,12-13,19,25H,2,4,9-11H2,1,3,5H3/b20-6+,24-12-. The van der Waals surface area contributed by atoms with Gasteiger partial charge in [0.1, 0.15) is 17.4 Å².